The molecule has 0 spiro atoms. The Balaban J connectivity index is 1.21. The van der Waals surface area contributed by atoms with E-state index in [9.17, 15) is 5.11 Å². The predicted molar refractivity (Wildman–Crippen MR) is 138 cm³/mol. The molecule has 4 aromatic rings. The van der Waals surface area contributed by atoms with Gasteiger partial charge in [-0.1, -0.05) is 48.6 Å². The monoisotopic (exact) mass is 450 g/mol. The van der Waals surface area contributed by atoms with Gasteiger partial charge in [-0.05, 0) is 83.5 Å². The Kier molecular flexibility index (Phi) is 5.56. The van der Waals surface area contributed by atoms with Gasteiger partial charge in [0, 0.05) is 24.2 Å². The van der Waals surface area contributed by atoms with Gasteiger partial charge in [0.15, 0.2) is 0 Å². The molecule has 1 N–H and O–H groups in total. The predicted octanol–water partition coefficient (Wildman–Crippen LogP) is 5.85. The number of fused-ring (bicyclic) bond motifs is 5. The fourth-order valence-corrected chi connectivity index (χ4v) is 5.94. The van der Waals surface area contributed by atoms with Crippen molar-refractivity contribution in [2.75, 3.05) is 20.2 Å². The molecular formula is C30H30N2O2. The molecule has 1 unspecified atom stereocenters. The highest BCUT2D eigenvalue weighted by Crippen LogP contribution is 2.42. The Hall–Kier alpha value is -3.21. The topological polar surface area (TPSA) is 45.6 Å². The van der Waals surface area contributed by atoms with E-state index in [0.29, 0.717) is 11.8 Å². The van der Waals surface area contributed by atoms with E-state index >= 15 is 0 Å². The number of methoxy groups -OCH3 is 1. The molecule has 2 bridgehead atoms. The highest BCUT2D eigenvalue weighted by molar-refractivity contribution is 5.85. The highest BCUT2D eigenvalue weighted by Gasteiger charge is 2.42. The van der Waals surface area contributed by atoms with Crippen molar-refractivity contribution in [1.29, 1.82) is 0 Å². The second-order valence-corrected chi connectivity index (χ2v) is 9.70. The Labute approximate surface area is 200 Å². The van der Waals surface area contributed by atoms with Crippen LogP contribution in [0.4, 0.5) is 0 Å². The zero-order chi connectivity index (χ0) is 23.1. The summed E-state index contributed by atoms with van der Waals surface area (Å²) in [6, 6.07) is 23.2. The average Bonchev–Trinajstić information content (AvgIpc) is 2.91. The smallest absolute Gasteiger partial charge is 0.119 e. The van der Waals surface area contributed by atoms with Gasteiger partial charge in [0.2, 0.25) is 0 Å². The van der Waals surface area contributed by atoms with E-state index < -0.39 is 6.10 Å². The van der Waals surface area contributed by atoms with Crippen molar-refractivity contribution in [2.45, 2.75) is 25.0 Å². The van der Waals surface area contributed by atoms with Crippen LogP contribution in [0.5, 0.6) is 5.75 Å². The molecule has 34 heavy (non-hydrogen) atoms. The molecule has 3 fully saturated rings. The van der Waals surface area contributed by atoms with Crippen molar-refractivity contribution in [2.24, 2.45) is 11.8 Å². The number of pyridine rings is 1. The zero-order valence-electron chi connectivity index (χ0n) is 19.5. The van der Waals surface area contributed by atoms with Crippen molar-refractivity contribution in [3.8, 4) is 5.75 Å². The lowest BCUT2D eigenvalue weighted by molar-refractivity contribution is -0.0444. The maximum atomic E-state index is 11.5. The van der Waals surface area contributed by atoms with Crippen LogP contribution in [0.15, 0.2) is 79.0 Å². The minimum absolute atomic E-state index is 0.140. The molecule has 3 aliphatic heterocycles. The molecule has 3 aliphatic rings. The Bertz CT molecular complexity index is 1360. The van der Waals surface area contributed by atoms with Gasteiger partial charge in [-0.15, -0.1) is 0 Å². The Morgan fingerprint density at radius 1 is 1.06 bits per heavy atom. The van der Waals surface area contributed by atoms with E-state index in [-0.39, 0.29) is 6.04 Å². The van der Waals surface area contributed by atoms with E-state index in [0.717, 1.165) is 41.7 Å². The minimum Gasteiger partial charge on any atom is -0.497 e. The summed E-state index contributed by atoms with van der Waals surface area (Å²) >= 11 is 0. The van der Waals surface area contributed by atoms with E-state index in [1.54, 1.807) is 13.3 Å². The third-order valence-electron chi connectivity index (χ3n) is 7.83. The summed E-state index contributed by atoms with van der Waals surface area (Å²) in [4.78, 5) is 6.98. The fourth-order valence-electron chi connectivity index (χ4n) is 5.94. The maximum Gasteiger partial charge on any atom is 0.119 e. The van der Waals surface area contributed by atoms with Crippen molar-refractivity contribution in [3.05, 3.63) is 90.1 Å². The highest BCUT2D eigenvalue weighted by atomic mass is 16.5. The van der Waals surface area contributed by atoms with Crippen molar-refractivity contribution in [3.63, 3.8) is 0 Å². The first-order chi connectivity index (χ1) is 16.7. The molecule has 4 nitrogen and oxygen atoms in total. The van der Waals surface area contributed by atoms with E-state index in [1.807, 2.05) is 24.3 Å². The second-order valence-electron chi connectivity index (χ2n) is 9.70. The number of piperidine rings is 3. The summed E-state index contributed by atoms with van der Waals surface area (Å²) < 4.78 is 5.43. The number of ether oxygens (including phenoxy) is 1. The first kappa shape index (κ1) is 21.3. The number of aliphatic hydroxyl groups is 1. The molecule has 5 atom stereocenters. The third kappa shape index (κ3) is 3.87. The van der Waals surface area contributed by atoms with Gasteiger partial charge in [0.25, 0.3) is 0 Å². The molecule has 0 amide bonds. The summed E-state index contributed by atoms with van der Waals surface area (Å²) in [7, 11) is 1.67. The van der Waals surface area contributed by atoms with Crippen LogP contribution >= 0.6 is 0 Å². The molecule has 0 radical (unpaired) electrons. The minimum atomic E-state index is -0.536. The number of aromatic nitrogens is 1. The number of benzene rings is 3. The van der Waals surface area contributed by atoms with Crippen LogP contribution in [0.2, 0.25) is 0 Å². The number of rotatable bonds is 5. The third-order valence-corrected chi connectivity index (χ3v) is 7.83. The number of hydrogen-bond acceptors (Lipinski definition) is 4. The molecule has 0 aliphatic carbocycles. The first-order valence-corrected chi connectivity index (χ1v) is 12.2. The average molecular weight is 451 g/mol. The van der Waals surface area contributed by atoms with Crippen molar-refractivity contribution >= 4 is 27.8 Å². The summed E-state index contributed by atoms with van der Waals surface area (Å²) in [5.74, 6) is 1.92. The van der Waals surface area contributed by atoms with Gasteiger partial charge in [-0.2, -0.15) is 0 Å². The van der Waals surface area contributed by atoms with Crippen LogP contribution in [0, 0.1) is 11.8 Å². The maximum absolute atomic E-state index is 11.5. The lowest BCUT2D eigenvalue weighted by Gasteiger charge is -2.50. The zero-order valence-corrected chi connectivity index (χ0v) is 19.5. The summed E-state index contributed by atoms with van der Waals surface area (Å²) in [6.07, 6.45) is 8.16. The SMILES string of the molecule is COc1ccc2nccc([C@@H](O)[C@H]3C[C@H]4CCN3C[C@@H]4/C=C/c3ccc4ccccc4c3)c2c1. The number of nitrogens with zero attached hydrogens (tertiary/aromatic N) is 2. The van der Waals surface area contributed by atoms with Crippen LogP contribution in [0.3, 0.4) is 0 Å². The standard InChI is InChI=1S/C30H30N2O2/c1-34-25-10-11-28-27(18-25)26(12-14-31-28)30(33)29-17-23-13-15-32(29)19-24(23)9-7-20-6-8-21-4-2-3-5-22(21)16-20/h2-12,14,16,18,23-24,29-30,33H,13,15,17,19H2,1H3/b9-7+/t23-,24+,29-,30-/m1/s1. The quantitative estimate of drug-likeness (QED) is 0.414. The van der Waals surface area contributed by atoms with E-state index in [2.05, 4.69) is 64.5 Å². The lowest BCUT2D eigenvalue weighted by atomic mass is 9.73. The Morgan fingerprint density at radius 2 is 1.94 bits per heavy atom. The molecule has 172 valence electrons. The van der Waals surface area contributed by atoms with E-state index in [1.165, 1.54) is 22.8 Å². The Morgan fingerprint density at radius 3 is 2.76 bits per heavy atom. The molecule has 1 aromatic heterocycles. The largest absolute Gasteiger partial charge is 0.497 e. The van der Waals surface area contributed by atoms with Crippen LogP contribution in [-0.2, 0) is 0 Å². The van der Waals surface area contributed by atoms with Gasteiger partial charge in [0.1, 0.15) is 5.75 Å². The number of aliphatic hydroxyl groups excluding tert-OH is 1. The molecule has 3 saturated heterocycles. The van der Waals surface area contributed by atoms with Gasteiger partial charge in [-0.3, -0.25) is 9.88 Å². The summed E-state index contributed by atoms with van der Waals surface area (Å²) in [6.45, 7) is 2.06. The van der Waals surface area contributed by atoms with Crippen molar-refractivity contribution in [1.82, 2.24) is 9.88 Å². The first-order valence-electron chi connectivity index (χ1n) is 12.2. The van der Waals surface area contributed by atoms with Crippen LogP contribution in [0.1, 0.15) is 30.1 Å². The van der Waals surface area contributed by atoms with Gasteiger partial charge in [-0.25, -0.2) is 0 Å². The molecule has 3 aromatic carbocycles. The molecule has 0 saturated carbocycles. The number of hydrogen-bond donors (Lipinski definition) is 1. The second kappa shape index (κ2) is 8.86. The molecular weight excluding hydrogens is 420 g/mol. The molecule has 4 heteroatoms. The van der Waals surface area contributed by atoms with Crippen LogP contribution < -0.4 is 4.74 Å². The van der Waals surface area contributed by atoms with Gasteiger partial charge >= 0.3 is 0 Å². The molecule has 7 rings (SSSR count). The fraction of sp³-hybridized carbons (Fsp3) is 0.300. The van der Waals surface area contributed by atoms with Gasteiger partial charge in [0.05, 0.1) is 18.7 Å². The summed E-state index contributed by atoms with van der Waals surface area (Å²) in [5, 5.41) is 15.0. The normalized spacial score (nSPS) is 25.2. The van der Waals surface area contributed by atoms with Crippen molar-refractivity contribution < 1.29 is 9.84 Å². The van der Waals surface area contributed by atoms with Crippen LogP contribution in [-0.4, -0.2) is 41.2 Å². The van der Waals surface area contributed by atoms with Crippen LogP contribution in [0.25, 0.3) is 27.8 Å². The van der Waals surface area contributed by atoms with Gasteiger partial charge < -0.3 is 9.84 Å². The van der Waals surface area contributed by atoms with E-state index in [4.69, 9.17) is 4.74 Å². The lowest BCUT2D eigenvalue weighted by Crippen LogP contribution is -2.54. The molecule has 4 heterocycles. The summed E-state index contributed by atoms with van der Waals surface area (Å²) in [5.41, 5.74) is 3.10.